The Kier molecular flexibility index (Phi) is 4.40. The quantitative estimate of drug-likeness (QED) is 0.743. The standard InChI is InChI=1S/C13H25N3O/c1-10(16(2)11-6-7-11)9-15-13(17)12-5-3-4-8-14-12/h10-12,14H,3-9H2,1-2H3,(H,15,17)/t10?,12-/m1/s1. The van der Waals surface area contributed by atoms with Crippen molar-refractivity contribution in [2.24, 2.45) is 0 Å². The number of carbonyl (C=O) groups is 1. The molecule has 2 N–H and O–H groups in total. The van der Waals surface area contributed by atoms with Gasteiger partial charge >= 0.3 is 0 Å². The van der Waals surface area contributed by atoms with E-state index in [-0.39, 0.29) is 11.9 Å². The number of hydrogen-bond acceptors (Lipinski definition) is 3. The van der Waals surface area contributed by atoms with Crippen LogP contribution in [0.1, 0.15) is 39.0 Å². The van der Waals surface area contributed by atoms with Crippen LogP contribution in [0.15, 0.2) is 0 Å². The monoisotopic (exact) mass is 239 g/mol. The summed E-state index contributed by atoms with van der Waals surface area (Å²) in [5.74, 6) is 0.181. The minimum atomic E-state index is 0.0437. The fourth-order valence-electron chi connectivity index (χ4n) is 2.43. The Balaban J connectivity index is 1.67. The molecule has 1 unspecified atom stereocenters. The van der Waals surface area contributed by atoms with Gasteiger partial charge in [-0.2, -0.15) is 0 Å². The highest BCUT2D eigenvalue weighted by Gasteiger charge is 2.29. The van der Waals surface area contributed by atoms with Crippen LogP contribution < -0.4 is 10.6 Å². The van der Waals surface area contributed by atoms with Gasteiger partial charge < -0.3 is 10.6 Å². The van der Waals surface area contributed by atoms with E-state index >= 15 is 0 Å². The Morgan fingerprint density at radius 1 is 1.41 bits per heavy atom. The van der Waals surface area contributed by atoms with Crippen LogP contribution in [0.25, 0.3) is 0 Å². The molecule has 1 aliphatic heterocycles. The third-order valence-corrected chi connectivity index (χ3v) is 4.02. The van der Waals surface area contributed by atoms with Crippen LogP contribution in [-0.2, 0) is 4.79 Å². The largest absolute Gasteiger partial charge is 0.353 e. The van der Waals surface area contributed by atoms with Crippen LogP contribution >= 0.6 is 0 Å². The highest BCUT2D eigenvalue weighted by molar-refractivity contribution is 5.81. The van der Waals surface area contributed by atoms with Crippen molar-refractivity contribution in [3.05, 3.63) is 0 Å². The lowest BCUT2D eigenvalue weighted by Gasteiger charge is -2.27. The number of amides is 1. The van der Waals surface area contributed by atoms with E-state index in [0.29, 0.717) is 6.04 Å². The van der Waals surface area contributed by atoms with Crippen LogP contribution in [0, 0.1) is 0 Å². The molecule has 2 rings (SSSR count). The van der Waals surface area contributed by atoms with Crippen LogP contribution in [0.4, 0.5) is 0 Å². The topological polar surface area (TPSA) is 44.4 Å². The van der Waals surface area contributed by atoms with E-state index in [1.54, 1.807) is 0 Å². The molecule has 98 valence electrons. The fourth-order valence-corrected chi connectivity index (χ4v) is 2.43. The summed E-state index contributed by atoms with van der Waals surface area (Å²) in [7, 11) is 2.16. The van der Waals surface area contributed by atoms with E-state index < -0.39 is 0 Å². The SMILES string of the molecule is CC(CNC(=O)[C@H]1CCCCN1)N(C)C1CC1. The molecule has 2 atom stereocenters. The van der Waals surface area contributed by atoms with Crippen molar-refractivity contribution in [2.75, 3.05) is 20.1 Å². The first-order valence-corrected chi connectivity index (χ1v) is 6.91. The molecule has 0 bridgehead atoms. The molecule has 1 amide bonds. The first kappa shape index (κ1) is 12.8. The van der Waals surface area contributed by atoms with Crippen molar-refractivity contribution in [1.82, 2.24) is 15.5 Å². The van der Waals surface area contributed by atoms with Gasteiger partial charge in [-0.1, -0.05) is 6.42 Å². The Bertz CT molecular complexity index is 259. The Labute approximate surface area is 104 Å². The predicted octanol–water partition coefficient (Wildman–Crippen LogP) is 0.727. The van der Waals surface area contributed by atoms with Gasteiger partial charge in [0.15, 0.2) is 0 Å². The Morgan fingerprint density at radius 2 is 2.18 bits per heavy atom. The molecule has 1 saturated heterocycles. The number of hydrogen-bond donors (Lipinski definition) is 2. The van der Waals surface area contributed by atoms with E-state index in [1.807, 2.05) is 0 Å². The summed E-state index contributed by atoms with van der Waals surface area (Å²) in [6.07, 6.45) is 5.99. The normalized spacial score (nSPS) is 26.9. The maximum absolute atomic E-state index is 11.9. The van der Waals surface area contributed by atoms with Crippen molar-refractivity contribution >= 4 is 5.91 Å². The molecule has 2 aliphatic rings. The number of nitrogens with one attached hydrogen (secondary N) is 2. The minimum Gasteiger partial charge on any atom is -0.353 e. The maximum atomic E-state index is 11.9. The zero-order valence-corrected chi connectivity index (χ0v) is 11.0. The lowest BCUT2D eigenvalue weighted by atomic mass is 10.0. The van der Waals surface area contributed by atoms with Gasteiger partial charge in [0.1, 0.15) is 0 Å². The van der Waals surface area contributed by atoms with Gasteiger partial charge in [-0.25, -0.2) is 0 Å². The second-order valence-electron chi connectivity index (χ2n) is 5.49. The van der Waals surface area contributed by atoms with Crippen LogP contribution in [0.5, 0.6) is 0 Å². The summed E-state index contributed by atoms with van der Waals surface area (Å²) >= 11 is 0. The molecule has 17 heavy (non-hydrogen) atoms. The molecule has 1 heterocycles. The van der Waals surface area contributed by atoms with Gasteiger partial charge in [0.25, 0.3) is 0 Å². The molecular weight excluding hydrogens is 214 g/mol. The molecule has 1 saturated carbocycles. The second kappa shape index (κ2) is 5.83. The van der Waals surface area contributed by atoms with Gasteiger partial charge in [0.05, 0.1) is 6.04 Å². The van der Waals surface area contributed by atoms with Crippen molar-refractivity contribution in [3.8, 4) is 0 Å². The smallest absolute Gasteiger partial charge is 0.237 e. The van der Waals surface area contributed by atoms with Crippen LogP contribution in [-0.4, -0.2) is 49.1 Å². The zero-order valence-electron chi connectivity index (χ0n) is 11.0. The van der Waals surface area contributed by atoms with Gasteiger partial charge in [-0.05, 0) is 46.2 Å². The molecule has 0 radical (unpaired) electrons. The molecule has 1 aliphatic carbocycles. The van der Waals surface area contributed by atoms with E-state index in [2.05, 4.69) is 29.5 Å². The minimum absolute atomic E-state index is 0.0437. The molecule has 2 fully saturated rings. The summed E-state index contributed by atoms with van der Waals surface area (Å²) < 4.78 is 0. The zero-order chi connectivity index (χ0) is 12.3. The molecule has 0 aromatic heterocycles. The molecular formula is C13H25N3O. The van der Waals surface area contributed by atoms with Gasteiger partial charge in [0, 0.05) is 18.6 Å². The summed E-state index contributed by atoms with van der Waals surface area (Å²) in [5, 5.41) is 6.35. The Hall–Kier alpha value is -0.610. The molecule has 4 nitrogen and oxygen atoms in total. The summed E-state index contributed by atoms with van der Waals surface area (Å²) in [6, 6.07) is 1.24. The molecule has 0 aromatic rings. The van der Waals surface area contributed by atoms with E-state index in [4.69, 9.17) is 0 Å². The first-order chi connectivity index (χ1) is 8.18. The van der Waals surface area contributed by atoms with E-state index in [1.165, 1.54) is 25.7 Å². The number of piperidine rings is 1. The van der Waals surface area contributed by atoms with E-state index in [9.17, 15) is 4.79 Å². The highest BCUT2D eigenvalue weighted by Crippen LogP contribution is 2.26. The predicted molar refractivity (Wildman–Crippen MR) is 68.9 cm³/mol. The third kappa shape index (κ3) is 3.68. The van der Waals surface area contributed by atoms with Crippen LogP contribution in [0.2, 0.25) is 0 Å². The molecule has 0 spiro atoms. The number of likely N-dealkylation sites (N-methyl/N-ethyl adjacent to an activating group) is 1. The highest BCUT2D eigenvalue weighted by atomic mass is 16.2. The first-order valence-electron chi connectivity index (χ1n) is 6.91. The third-order valence-electron chi connectivity index (χ3n) is 4.02. The summed E-state index contributed by atoms with van der Waals surface area (Å²) in [5.41, 5.74) is 0. The van der Waals surface area contributed by atoms with Crippen molar-refractivity contribution in [3.63, 3.8) is 0 Å². The van der Waals surface area contributed by atoms with E-state index in [0.717, 1.165) is 25.6 Å². The number of nitrogens with zero attached hydrogens (tertiary/aromatic N) is 1. The maximum Gasteiger partial charge on any atom is 0.237 e. The average Bonchev–Trinajstić information content (AvgIpc) is 3.20. The van der Waals surface area contributed by atoms with Crippen molar-refractivity contribution < 1.29 is 4.79 Å². The van der Waals surface area contributed by atoms with Crippen molar-refractivity contribution in [1.29, 1.82) is 0 Å². The average molecular weight is 239 g/mol. The van der Waals surface area contributed by atoms with Crippen molar-refractivity contribution in [2.45, 2.75) is 57.2 Å². The fraction of sp³-hybridized carbons (Fsp3) is 0.923. The van der Waals surface area contributed by atoms with Gasteiger partial charge in [-0.3, -0.25) is 9.69 Å². The number of carbonyl (C=O) groups excluding carboxylic acids is 1. The van der Waals surface area contributed by atoms with Gasteiger partial charge in [-0.15, -0.1) is 0 Å². The summed E-state index contributed by atoms with van der Waals surface area (Å²) in [4.78, 5) is 14.3. The Morgan fingerprint density at radius 3 is 2.76 bits per heavy atom. The van der Waals surface area contributed by atoms with Crippen LogP contribution in [0.3, 0.4) is 0 Å². The number of rotatable bonds is 5. The summed E-state index contributed by atoms with van der Waals surface area (Å²) in [6.45, 7) is 3.94. The lowest BCUT2D eigenvalue weighted by Crippen LogP contribution is -2.49. The molecule has 4 heteroatoms. The lowest BCUT2D eigenvalue weighted by molar-refractivity contribution is -0.123. The van der Waals surface area contributed by atoms with Gasteiger partial charge in [0.2, 0.25) is 5.91 Å². The second-order valence-corrected chi connectivity index (χ2v) is 5.49. The molecule has 0 aromatic carbocycles.